The molecule has 4 rings (SSSR count). The van der Waals surface area contributed by atoms with Crippen molar-refractivity contribution < 1.29 is 9.84 Å². The lowest BCUT2D eigenvalue weighted by molar-refractivity contribution is 0.274. The van der Waals surface area contributed by atoms with E-state index in [2.05, 4.69) is 11.2 Å². The standard InChI is InChI=1S/C17H19N3O2S/c1-3-22-14-7-4-10(2)8-12(14)15-13(9-21)20-17(18-15)23-16(19-20)11-5-6-11/h4,7-8,11,21H,3,5-6,9H2,1-2H3. The predicted octanol–water partition coefficient (Wildman–Crippen LogP) is 3.53. The van der Waals surface area contributed by atoms with Gasteiger partial charge in [-0.15, -0.1) is 0 Å². The van der Waals surface area contributed by atoms with Crippen LogP contribution in [0.15, 0.2) is 18.2 Å². The SMILES string of the molecule is CCOc1ccc(C)cc1-c1nc2sc(C3CC3)nn2c1CO. The van der Waals surface area contributed by atoms with E-state index in [1.165, 1.54) is 12.8 Å². The summed E-state index contributed by atoms with van der Waals surface area (Å²) in [4.78, 5) is 5.59. The highest BCUT2D eigenvalue weighted by molar-refractivity contribution is 7.16. The summed E-state index contributed by atoms with van der Waals surface area (Å²) >= 11 is 1.63. The minimum Gasteiger partial charge on any atom is -0.493 e. The number of benzene rings is 1. The third-order valence-electron chi connectivity index (χ3n) is 4.08. The summed E-state index contributed by atoms with van der Waals surface area (Å²) in [6.07, 6.45) is 2.43. The van der Waals surface area contributed by atoms with E-state index in [1.54, 1.807) is 15.9 Å². The topological polar surface area (TPSA) is 59.7 Å². The molecule has 0 spiro atoms. The first-order chi connectivity index (χ1) is 11.2. The van der Waals surface area contributed by atoms with E-state index >= 15 is 0 Å². The Hall–Kier alpha value is -1.92. The highest BCUT2D eigenvalue weighted by Crippen LogP contribution is 2.43. The number of hydrogen-bond donors (Lipinski definition) is 1. The van der Waals surface area contributed by atoms with Crippen molar-refractivity contribution in [2.75, 3.05) is 6.61 Å². The minimum absolute atomic E-state index is 0.0934. The number of imidazole rings is 1. The third-order valence-corrected chi connectivity index (χ3v) is 5.15. The first kappa shape index (κ1) is 14.7. The highest BCUT2D eigenvalue weighted by Gasteiger charge is 2.29. The predicted molar refractivity (Wildman–Crippen MR) is 90.1 cm³/mol. The van der Waals surface area contributed by atoms with Crippen LogP contribution in [0.25, 0.3) is 16.2 Å². The van der Waals surface area contributed by atoms with Crippen LogP contribution < -0.4 is 4.74 Å². The van der Waals surface area contributed by atoms with Crippen LogP contribution in [-0.4, -0.2) is 26.3 Å². The third kappa shape index (κ3) is 2.52. The van der Waals surface area contributed by atoms with Gasteiger partial charge in [0.1, 0.15) is 16.5 Å². The van der Waals surface area contributed by atoms with E-state index in [4.69, 9.17) is 9.72 Å². The van der Waals surface area contributed by atoms with Gasteiger partial charge < -0.3 is 9.84 Å². The van der Waals surface area contributed by atoms with Crippen LogP contribution in [0.5, 0.6) is 5.75 Å². The van der Waals surface area contributed by atoms with E-state index in [-0.39, 0.29) is 6.61 Å². The summed E-state index contributed by atoms with van der Waals surface area (Å²) in [5.41, 5.74) is 3.55. The number of ether oxygens (including phenoxy) is 1. The molecule has 2 heterocycles. The monoisotopic (exact) mass is 329 g/mol. The average Bonchev–Trinajstić information content (AvgIpc) is 3.22. The molecule has 6 heteroatoms. The van der Waals surface area contributed by atoms with Crippen molar-refractivity contribution in [3.63, 3.8) is 0 Å². The molecular formula is C17H19N3O2S. The lowest BCUT2D eigenvalue weighted by Crippen LogP contribution is -1.99. The fourth-order valence-electron chi connectivity index (χ4n) is 2.77. The number of fused-ring (bicyclic) bond motifs is 1. The Labute approximate surface area is 138 Å². The first-order valence-corrected chi connectivity index (χ1v) is 8.76. The lowest BCUT2D eigenvalue weighted by atomic mass is 10.1. The lowest BCUT2D eigenvalue weighted by Gasteiger charge is -2.10. The van der Waals surface area contributed by atoms with Crippen LogP contribution in [0.4, 0.5) is 0 Å². The van der Waals surface area contributed by atoms with Crippen molar-refractivity contribution in [1.82, 2.24) is 14.6 Å². The van der Waals surface area contributed by atoms with Gasteiger partial charge >= 0.3 is 0 Å². The summed E-state index contributed by atoms with van der Waals surface area (Å²) in [6, 6.07) is 6.04. The van der Waals surface area contributed by atoms with E-state index in [0.717, 1.165) is 38.2 Å². The maximum atomic E-state index is 9.88. The zero-order valence-corrected chi connectivity index (χ0v) is 14.1. The number of aryl methyl sites for hydroxylation is 1. The van der Waals surface area contributed by atoms with Crippen LogP contribution in [0, 0.1) is 6.92 Å². The molecule has 0 saturated heterocycles. The van der Waals surface area contributed by atoms with E-state index in [0.29, 0.717) is 12.5 Å². The second-order valence-corrected chi connectivity index (χ2v) is 6.89. The molecule has 0 bridgehead atoms. The molecule has 120 valence electrons. The molecule has 5 nitrogen and oxygen atoms in total. The summed E-state index contributed by atoms with van der Waals surface area (Å²) in [5, 5.41) is 15.7. The van der Waals surface area contributed by atoms with Gasteiger partial charge in [0.15, 0.2) is 0 Å². The quantitative estimate of drug-likeness (QED) is 0.778. The van der Waals surface area contributed by atoms with Gasteiger partial charge in [0.25, 0.3) is 0 Å². The molecule has 3 aromatic rings. The molecule has 0 unspecified atom stereocenters. The summed E-state index contributed by atoms with van der Waals surface area (Å²) in [5.74, 6) is 1.38. The minimum atomic E-state index is -0.0934. The second kappa shape index (κ2) is 5.62. The normalized spacial score (nSPS) is 14.6. The molecular weight excluding hydrogens is 310 g/mol. The van der Waals surface area contributed by atoms with Crippen molar-refractivity contribution in [2.45, 2.75) is 39.2 Å². The van der Waals surface area contributed by atoms with Crippen LogP contribution in [0.1, 0.15) is 41.9 Å². The number of aliphatic hydroxyl groups is 1. The number of aromatic nitrogens is 3. The Morgan fingerprint density at radius 1 is 1.39 bits per heavy atom. The van der Waals surface area contributed by atoms with Crippen molar-refractivity contribution in [1.29, 1.82) is 0 Å². The van der Waals surface area contributed by atoms with Crippen molar-refractivity contribution >= 4 is 16.3 Å². The largest absolute Gasteiger partial charge is 0.493 e. The molecule has 1 aliphatic rings. The van der Waals surface area contributed by atoms with Crippen molar-refractivity contribution in [3.05, 3.63) is 34.5 Å². The molecule has 0 amide bonds. The van der Waals surface area contributed by atoms with E-state index < -0.39 is 0 Å². The van der Waals surface area contributed by atoms with Crippen molar-refractivity contribution in [2.24, 2.45) is 0 Å². The number of hydrogen-bond acceptors (Lipinski definition) is 5. The molecule has 0 atom stereocenters. The number of aliphatic hydroxyl groups excluding tert-OH is 1. The molecule has 0 radical (unpaired) electrons. The zero-order valence-electron chi connectivity index (χ0n) is 13.2. The summed E-state index contributed by atoms with van der Waals surface area (Å²) in [6.45, 7) is 4.51. The van der Waals surface area contributed by atoms with Gasteiger partial charge in [-0.3, -0.25) is 0 Å². The molecule has 1 N–H and O–H groups in total. The van der Waals surface area contributed by atoms with Gasteiger partial charge in [0.2, 0.25) is 4.96 Å². The molecule has 0 aliphatic heterocycles. The molecule has 1 saturated carbocycles. The van der Waals surface area contributed by atoms with Crippen LogP contribution in [-0.2, 0) is 6.61 Å². The number of rotatable bonds is 5. The molecule has 23 heavy (non-hydrogen) atoms. The number of nitrogens with zero attached hydrogens (tertiary/aromatic N) is 3. The Bertz CT molecular complexity index is 864. The Balaban J connectivity index is 1.88. The second-order valence-electron chi connectivity index (χ2n) is 5.91. The van der Waals surface area contributed by atoms with Gasteiger partial charge in [-0.1, -0.05) is 23.0 Å². The molecule has 2 aromatic heterocycles. The Morgan fingerprint density at radius 3 is 2.91 bits per heavy atom. The first-order valence-electron chi connectivity index (χ1n) is 7.94. The maximum Gasteiger partial charge on any atom is 0.213 e. The van der Waals surface area contributed by atoms with Gasteiger partial charge in [0.05, 0.1) is 18.9 Å². The van der Waals surface area contributed by atoms with Gasteiger partial charge in [-0.05, 0) is 38.8 Å². The fourth-order valence-corrected chi connectivity index (χ4v) is 3.85. The van der Waals surface area contributed by atoms with Crippen LogP contribution >= 0.6 is 11.3 Å². The van der Waals surface area contributed by atoms with Gasteiger partial charge in [-0.2, -0.15) is 5.10 Å². The molecule has 1 aliphatic carbocycles. The fraction of sp³-hybridized carbons (Fsp3) is 0.412. The van der Waals surface area contributed by atoms with Crippen LogP contribution in [0.2, 0.25) is 0 Å². The smallest absolute Gasteiger partial charge is 0.213 e. The van der Waals surface area contributed by atoms with Gasteiger partial charge in [-0.25, -0.2) is 9.50 Å². The molecule has 1 aromatic carbocycles. The zero-order chi connectivity index (χ0) is 16.0. The average molecular weight is 329 g/mol. The Morgan fingerprint density at radius 2 is 2.22 bits per heavy atom. The summed E-state index contributed by atoms with van der Waals surface area (Å²) in [7, 11) is 0. The van der Waals surface area contributed by atoms with Crippen molar-refractivity contribution in [3.8, 4) is 17.0 Å². The van der Waals surface area contributed by atoms with Crippen LogP contribution in [0.3, 0.4) is 0 Å². The summed E-state index contributed by atoms with van der Waals surface area (Å²) < 4.78 is 7.54. The van der Waals surface area contributed by atoms with Gasteiger partial charge in [0, 0.05) is 11.5 Å². The Kier molecular flexibility index (Phi) is 3.58. The maximum absolute atomic E-state index is 9.88. The molecule has 1 fully saturated rings. The highest BCUT2D eigenvalue weighted by atomic mass is 32.1. The van der Waals surface area contributed by atoms with E-state index in [9.17, 15) is 5.11 Å². The van der Waals surface area contributed by atoms with E-state index in [1.807, 2.05) is 26.0 Å².